The highest BCUT2D eigenvalue weighted by atomic mass is 35.5. The molecule has 10 heteroatoms. The quantitative estimate of drug-likeness (QED) is 0.456. The zero-order valence-electron chi connectivity index (χ0n) is 20.8. The van der Waals surface area contributed by atoms with Crippen LogP contribution in [-0.2, 0) is 26.2 Å². The van der Waals surface area contributed by atoms with Crippen LogP contribution in [0.5, 0.6) is 5.75 Å². The Hall–Kier alpha value is -2.78. The molecule has 1 N–H and O–H groups in total. The van der Waals surface area contributed by atoms with Gasteiger partial charge in [0, 0.05) is 30.6 Å². The molecule has 0 saturated carbocycles. The van der Waals surface area contributed by atoms with Gasteiger partial charge in [0.2, 0.25) is 21.8 Å². The Labute approximate surface area is 213 Å². The Morgan fingerprint density at radius 3 is 2.29 bits per heavy atom. The predicted octanol–water partition coefficient (Wildman–Crippen LogP) is 3.84. The van der Waals surface area contributed by atoms with Crippen molar-refractivity contribution in [1.29, 1.82) is 0 Å². The molecule has 0 aliphatic rings. The lowest BCUT2D eigenvalue weighted by atomic mass is 10.1. The lowest BCUT2D eigenvalue weighted by Gasteiger charge is -2.30. The highest BCUT2D eigenvalue weighted by Gasteiger charge is 2.27. The number of benzene rings is 2. The first-order chi connectivity index (χ1) is 16.4. The number of carbonyl (C=O) groups excluding carboxylic acids is 2. The molecule has 0 heterocycles. The fraction of sp³-hybridized carbons (Fsp3) is 0.440. The second-order valence-corrected chi connectivity index (χ2v) is 11.0. The Bertz CT molecular complexity index is 1110. The highest BCUT2D eigenvalue weighted by molar-refractivity contribution is 7.92. The molecular formula is C25H34ClN3O5S. The van der Waals surface area contributed by atoms with Crippen LogP contribution in [0.1, 0.15) is 39.2 Å². The molecule has 1 unspecified atom stereocenters. The smallest absolute Gasteiger partial charge is 0.242 e. The summed E-state index contributed by atoms with van der Waals surface area (Å²) in [5.74, 6) is 0.105. The SMILES string of the molecule is COc1ccc(N(CCCC(=O)N(Cc2cccc(Cl)c2)C(C)C(=O)NC(C)C)S(C)(=O)=O)cc1. The highest BCUT2D eigenvalue weighted by Crippen LogP contribution is 2.22. The van der Waals surface area contributed by atoms with Crippen molar-refractivity contribution in [1.82, 2.24) is 10.2 Å². The number of rotatable bonds is 12. The number of nitrogens with zero attached hydrogens (tertiary/aromatic N) is 2. The second-order valence-electron chi connectivity index (χ2n) is 8.63. The average Bonchev–Trinajstić information content (AvgIpc) is 2.78. The standard InChI is InChI=1S/C25H34ClN3O5S/c1-18(2)27-25(31)19(3)28(17-20-8-6-9-21(26)16-20)24(30)10-7-15-29(35(5,32)33)22-11-13-23(34-4)14-12-22/h6,8-9,11-14,16,18-19H,7,10,15,17H2,1-5H3,(H,27,31). The van der Waals surface area contributed by atoms with E-state index < -0.39 is 16.1 Å². The molecule has 2 rings (SSSR count). The van der Waals surface area contributed by atoms with Gasteiger partial charge in [-0.3, -0.25) is 13.9 Å². The first kappa shape index (κ1) is 28.5. The summed E-state index contributed by atoms with van der Waals surface area (Å²) in [6.07, 6.45) is 1.48. The Morgan fingerprint density at radius 2 is 1.74 bits per heavy atom. The molecule has 0 aromatic heterocycles. The first-order valence-electron chi connectivity index (χ1n) is 11.4. The minimum absolute atomic E-state index is 0.0686. The summed E-state index contributed by atoms with van der Waals surface area (Å²) in [7, 11) is -2.03. The van der Waals surface area contributed by atoms with E-state index in [4.69, 9.17) is 16.3 Å². The third-order valence-corrected chi connectivity index (χ3v) is 6.78. The van der Waals surface area contributed by atoms with E-state index in [-0.39, 0.29) is 43.8 Å². The molecule has 0 aliphatic carbocycles. The van der Waals surface area contributed by atoms with Gasteiger partial charge in [-0.15, -0.1) is 0 Å². The third-order valence-electron chi connectivity index (χ3n) is 5.35. The number of anilines is 1. The Balaban J connectivity index is 2.16. The van der Waals surface area contributed by atoms with E-state index >= 15 is 0 Å². The normalized spacial score (nSPS) is 12.2. The van der Waals surface area contributed by atoms with Crippen molar-refractivity contribution in [3.8, 4) is 5.75 Å². The lowest BCUT2D eigenvalue weighted by molar-refractivity contribution is -0.140. The van der Waals surface area contributed by atoms with Gasteiger partial charge < -0.3 is 15.0 Å². The third kappa shape index (κ3) is 8.74. The van der Waals surface area contributed by atoms with Crippen LogP contribution in [0, 0.1) is 0 Å². The molecule has 0 spiro atoms. The number of ether oxygens (including phenoxy) is 1. The largest absolute Gasteiger partial charge is 0.497 e. The molecule has 35 heavy (non-hydrogen) atoms. The van der Waals surface area contributed by atoms with E-state index in [1.54, 1.807) is 49.4 Å². The van der Waals surface area contributed by atoms with E-state index in [1.807, 2.05) is 19.9 Å². The lowest BCUT2D eigenvalue weighted by Crippen LogP contribution is -2.49. The van der Waals surface area contributed by atoms with Crippen LogP contribution in [0.4, 0.5) is 5.69 Å². The minimum atomic E-state index is -3.56. The Morgan fingerprint density at radius 1 is 1.09 bits per heavy atom. The number of nitrogens with one attached hydrogen (secondary N) is 1. The van der Waals surface area contributed by atoms with Crippen molar-refractivity contribution >= 4 is 39.1 Å². The molecule has 192 valence electrons. The summed E-state index contributed by atoms with van der Waals surface area (Å²) in [6.45, 7) is 5.72. The molecule has 1 atom stereocenters. The van der Waals surface area contributed by atoms with Gasteiger partial charge in [-0.2, -0.15) is 0 Å². The van der Waals surface area contributed by atoms with Crippen LogP contribution in [-0.4, -0.2) is 57.1 Å². The van der Waals surface area contributed by atoms with Gasteiger partial charge in [0.15, 0.2) is 0 Å². The van der Waals surface area contributed by atoms with Crippen molar-refractivity contribution in [2.24, 2.45) is 0 Å². The van der Waals surface area contributed by atoms with Crippen molar-refractivity contribution in [3.05, 3.63) is 59.1 Å². The summed E-state index contributed by atoms with van der Waals surface area (Å²) in [4.78, 5) is 27.4. The number of amides is 2. The molecule has 0 radical (unpaired) electrons. The summed E-state index contributed by atoms with van der Waals surface area (Å²) < 4.78 is 31.2. The van der Waals surface area contributed by atoms with E-state index in [9.17, 15) is 18.0 Å². The Kier molecular flexibility index (Phi) is 10.4. The molecule has 2 amide bonds. The van der Waals surface area contributed by atoms with Crippen LogP contribution in [0.3, 0.4) is 0 Å². The zero-order chi connectivity index (χ0) is 26.2. The molecule has 2 aromatic rings. The number of carbonyl (C=O) groups is 2. The van der Waals surface area contributed by atoms with Crippen LogP contribution in [0.15, 0.2) is 48.5 Å². The van der Waals surface area contributed by atoms with Gasteiger partial charge in [0.25, 0.3) is 0 Å². The van der Waals surface area contributed by atoms with Crippen molar-refractivity contribution in [3.63, 3.8) is 0 Å². The van der Waals surface area contributed by atoms with Crippen molar-refractivity contribution < 1.29 is 22.7 Å². The molecule has 8 nitrogen and oxygen atoms in total. The van der Waals surface area contributed by atoms with Gasteiger partial charge in [-0.05, 0) is 69.2 Å². The second kappa shape index (κ2) is 12.8. The number of hydrogen-bond acceptors (Lipinski definition) is 5. The first-order valence-corrected chi connectivity index (χ1v) is 13.6. The maximum Gasteiger partial charge on any atom is 0.242 e. The summed E-state index contributed by atoms with van der Waals surface area (Å²) in [6, 6.07) is 13.0. The van der Waals surface area contributed by atoms with Crippen molar-refractivity contribution in [2.75, 3.05) is 24.2 Å². The number of sulfonamides is 1. The van der Waals surface area contributed by atoms with E-state index in [1.165, 1.54) is 16.3 Å². The van der Waals surface area contributed by atoms with E-state index in [2.05, 4.69) is 5.32 Å². The van der Waals surface area contributed by atoms with Gasteiger partial charge >= 0.3 is 0 Å². The van der Waals surface area contributed by atoms with Gasteiger partial charge in [0.1, 0.15) is 11.8 Å². The van der Waals surface area contributed by atoms with E-state index in [0.29, 0.717) is 16.5 Å². The van der Waals surface area contributed by atoms with E-state index in [0.717, 1.165) is 11.8 Å². The fourth-order valence-electron chi connectivity index (χ4n) is 3.57. The summed E-state index contributed by atoms with van der Waals surface area (Å²) >= 11 is 6.10. The fourth-order valence-corrected chi connectivity index (χ4v) is 4.75. The number of halogens is 1. The van der Waals surface area contributed by atoms with Gasteiger partial charge in [-0.1, -0.05) is 23.7 Å². The van der Waals surface area contributed by atoms with Crippen LogP contribution in [0.2, 0.25) is 5.02 Å². The molecule has 0 aliphatic heterocycles. The van der Waals surface area contributed by atoms with Crippen LogP contribution in [0.25, 0.3) is 0 Å². The van der Waals surface area contributed by atoms with Crippen LogP contribution >= 0.6 is 11.6 Å². The monoisotopic (exact) mass is 523 g/mol. The molecule has 0 bridgehead atoms. The maximum absolute atomic E-state index is 13.2. The van der Waals surface area contributed by atoms with Crippen molar-refractivity contribution in [2.45, 2.75) is 52.2 Å². The molecule has 2 aromatic carbocycles. The summed E-state index contributed by atoms with van der Waals surface area (Å²) in [5.41, 5.74) is 1.28. The molecular weight excluding hydrogens is 490 g/mol. The summed E-state index contributed by atoms with van der Waals surface area (Å²) in [5, 5.41) is 3.38. The minimum Gasteiger partial charge on any atom is -0.497 e. The zero-order valence-corrected chi connectivity index (χ0v) is 22.4. The van der Waals surface area contributed by atoms with Gasteiger partial charge in [-0.25, -0.2) is 8.42 Å². The maximum atomic E-state index is 13.2. The number of hydrogen-bond donors (Lipinski definition) is 1. The van der Waals surface area contributed by atoms with Gasteiger partial charge in [0.05, 0.1) is 19.1 Å². The van der Waals surface area contributed by atoms with Crippen LogP contribution < -0.4 is 14.4 Å². The average molecular weight is 524 g/mol. The molecule has 0 fully saturated rings. The number of methoxy groups -OCH3 is 1. The molecule has 0 saturated heterocycles. The predicted molar refractivity (Wildman–Crippen MR) is 139 cm³/mol. The topological polar surface area (TPSA) is 96.0 Å².